The molecule has 0 aliphatic carbocycles. The van der Waals surface area contributed by atoms with Crippen molar-refractivity contribution in [3.8, 4) is 10.4 Å². The lowest BCUT2D eigenvalue weighted by Gasteiger charge is -2.06. The lowest BCUT2D eigenvalue weighted by molar-refractivity contribution is 0.703. The molecule has 4 heteroatoms. The highest BCUT2D eigenvalue weighted by molar-refractivity contribution is 7.12. The van der Waals surface area contributed by atoms with Gasteiger partial charge in [0.05, 0.1) is 5.69 Å². The molecular weight excluding hydrogens is 304 g/mol. The van der Waals surface area contributed by atoms with E-state index in [0.29, 0.717) is 6.54 Å². The van der Waals surface area contributed by atoms with E-state index in [1.54, 1.807) is 10.6 Å². The van der Waals surface area contributed by atoms with Crippen molar-refractivity contribution in [2.45, 2.75) is 20.4 Å². The van der Waals surface area contributed by atoms with Crippen molar-refractivity contribution in [3.05, 3.63) is 81.4 Å². The van der Waals surface area contributed by atoms with Crippen molar-refractivity contribution in [3.63, 3.8) is 0 Å². The molecule has 0 atom stereocenters. The fourth-order valence-corrected chi connectivity index (χ4v) is 3.41. The van der Waals surface area contributed by atoms with Crippen molar-refractivity contribution in [2.75, 3.05) is 0 Å². The van der Waals surface area contributed by atoms with Crippen LogP contribution >= 0.6 is 11.3 Å². The molecule has 0 bridgehead atoms. The zero-order chi connectivity index (χ0) is 16.2. The molecule has 3 rings (SSSR count). The number of nitrogens with zero attached hydrogens (tertiary/aromatic N) is 2. The third-order valence-electron chi connectivity index (χ3n) is 3.59. The summed E-state index contributed by atoms with van der Waals surface area (Å²) >= 11 is 1.54. The molecule has 0 aliphatic rings. The van der Waals surface area contributed by atoms with Crippen LogP contribution in [0.3, 0.4) is 0 Å². The second kappa shape index (κ2) is 6.75. The first kappa shape index (κ1) is 15.4. The van der Waals surface area contributed by atoms with Crippen LogP contribution in [0.4, 0.5) is 5.69 Å². The SMILES string of the molecule is CCn1c(=O)cc(-c2ccccc2)sc1=Nc1ccc(C)cc1. The standard InChI is InChI=1S/C19H18N2OS/c1-3-21-18(22)13-17(15-7-5-4-6-8-15)23-19(21)20-16-11-9-14(2)10-12-16/h4-13H,3H2,1-2H3. The average molecular weight is 322 g/mol. The number of benzene rings is 2. The maximum atomic E-state index is 12.4. The van der Waals surface area contributed by atoms with Gasteiger partial charge in [-0.3, -0.25) is 9.36 Å². The first-order chi connectivity index (χ1) is 11.2. The van der Waals surface area contributed by atoms with Crippen molar-refractivity contribution in [2.24, 2.45) is 4.99 Å². The minimum absolute atomic E-state index is 0.0176. The van der Waals surface area contributed by atoms with Gasteiger partial charge in [-0.25, -0.2) is 4.99 Å². The summed E-state index contributed by atoms with van der Waals surface area (Å²) < 4.78 is 1.71. The van der Waals surface area contributed by atoms with E-state index in [1.807, 2.05) is 68.4 Å². The molecule has 0 aliphatic heterocycles. The van der Waals surface area contributed by atoms with Crippen molar-refractivity contribution in [1.82, 2.24) is 4.57 Å². The van der Waals surface area contributed by atoms with Gasteiger partial charge in [-0.1, -0.05) is 59.4 Å². The molecule has 2 aromatic carbocycles. The molecule has 116 valence electrons. The Balaban J connectivity index is 2.20. The molecule has 1 heterocycles. The summed E-state index contributed by atoms with van der Waals surface area (Å²) in [4.78, 5) is 18.8. The normalized spacial score (nSPS) is 11.7. The highest BCUT2D eigenvalue weighted by atomic mass is 32.1. The van der Waals surface area contributed by atoms with E-state index in [1.165, 1.54) is 16.9 Å². The second-order valence-corrected chi connectivity index (χ2v) is 6.30. The predicted molar refractivity (Wildman–Crippen MR) is 96.1 cm³/mol. The molecule has 0 fully saturated rings. The van der Waals surface area contributed by atoms with Crippen LogP contribution in [-0.4, -0.2) is 4.57 Å². The fourth-order valence-electron chi connectivity index (χ4n) is 2.32. The van der Waals surface area contributed by atoms with Gasteiger partial charge in [0.15, 0.2) is 4.80 Å². The Kier molecular flexibility index (Phi) is 4.53. The molecule has 3 nitrogen and oxygen atoms in total. The first-order valence-electron chi connectivity index (χ1n) is 7.59. The smallest absolute Gasteiger partial charge is 0.254 e. The van der Waals surface area contributed by atoms with E-state index >= 15 is 0 Å². The Labute approximate surface area is 139 Å². The maximum absolute atomic E-state index is 12.4. The van der Waals surface area contributed by atoms with Crippen LogP contribution in [0.15, 0.2) is 70.5 Å². The van der Waals surface area contributed by atoms with Crippen LogP contribution in [0.1, 0.15) is 12.5 Å². The van der Waals surface area contributed by atoms with E-state index in [2.05, 4.69) is 4.99 Å². The largest absolute Gasteiger partial charge is 0.285 e. The van der Waals surface area contributed by atoms with Crippen LogP contribution in [-0.2, 0) is 6.54 Å². The van der Waals surface area contributed by atoms with E-state index in [-0.39, 0.29) is 5.56 Å². The zero-order valence-electron chi connectivity index (χ0n) is 13.2. The molecule has 0 spiro atoms. The van der Waals surface area contributed by atoms with Crippen LogP contribution < -0.4 is 10.4 Å². The number of hydrogen-bond donors (Lipinski definition) is 0. The Hall–Kier alpha value is -2.46. The van der Waals surface area contributed by atoms with Gasteiger partial charge in [0.1, 0.15) is 0 Å². The van der Waals surface area contributed by atoms with Crippen molar-refractivity contribution >= 4 is 17.0 Å². The summed E-state index contributed by atoms with van der Waals surface area (Å²) in [5.74, 6) is 0. The van der Waals surface area contributed by atoms with Crippen molar-refractivity contribution < 1.29 is 0 Å². The number of hydrogen-bond acceptors (Lipinski definition) is 3. The minimum Gasteiger partial charge on any atom is -0.285 e. The number of aromatic nitrogens is 1. The molecule has 0 amide bonds. The van der Waals surface area contributed by atoms with Gasteiger partial charge in [-0.2, -0.15) is 0 Å². The lowest BCUT2D eigenvalue weighted by atomic mass is 10.2. The van der Waals surface area contributed by atoms with Gasteiger partial charge in [0.2, 0.25) is 0 Å². The van der Waals surface area contributed by atoms with Gasteiger partial charge >= 0.3 is 0 Å². The fraction of sp³-hybridized carbons (Fsp3) is 0.158. The zero-order valence-corrected chi connectivity index (χ0v) is 14.0. The molecule has 0 saturated heterocycles. The molecule has 3 aromatic rings. The maximum Gasteiger partial charge on any atom is 0.254 e. The number of aryl methyl sites for hydroxylation is 1. The Morgan fingerprint density at radius 3 is 2.39 bits per heavy atom. The predicted octanol–water partition coefficient (Wildman–Crippen LogP) is 4.14. The molecule has 0 N–H and O–H groups in total. The molecular formula is C19H18N2OS. The second-order valence-electron chi connectivity index (χ2n) is 5.29. The van der Waals surface area contributed by atoms with Gasteiger partial charge in [-0.05, 0) is 31.5 Å². The third-order valence-corrected chi connectivity index (χ3v) is 4.65. The van der Waals surface area contributed by atoms with Gasteiger partial charge in [-0.15, -0.1) is 0 Å². The average Bonchev–Trinajstić information content (AvgIpc) is 2.57. The highest BCUT2D eigenvalue weighted by Gasteiger charge is 2.05. The summed E-state index contributed by atoms with van der Waals surface area (Å²) in [6, 6.07) is 19.6. The van der Waals surface area contributed by atoms with E-state index < -0.39 is 0 Å². The third kappa shape index (κ3) is 3.48. The van der Waals surface area contributed by atoms with E-state index in [0.717, 1.165) is 20.9 Å². The molecule has 1 aromatic heterocycles. The van der Waals surface area contributed by atoms with Gasteiger partial charge < -0.3 is 0 Å². The number of rotatable bonds is 3. The summed E-state index contributed by atoms with van der Waals surface area (Å²) in [6.45, 7) is 4.62. The van der Waals surface area contributed by atoms with Gasteiger partial charge in [0.25, 0.3) is 5.56 Å². The van der Waals surface area contributed by atoms with Crippen LogP contribution in [0, 0.1) is 6.92 Å². The van der Waals surface area contributed by atoms with Crippen LogP contribution in [0.25, 0.3) is 10.4 Å². The monoisotopic (exact) mass is 322 g/mol. The highest BCUT2D eigenvalue weighted by Crippen LogP contribution is 2.20. The van der Waals surface area contributed by atoms with Crippen LogP contribution in [0.5, 0.6) is 0 Å². The summed E-state index contributed by atoms with van der Waals surface area (Å²) in [5, 5.41) is 0. The topological polar surface area (TPSA) is 34.4 Å². The Morgan fingerprint density at radius 1 is 1.04 bits per heavy atom. The Morgan fingerprint density at radius 2 is 1.74 bits per heavy atom. The summed E-state index contributed by atoms with van der Waals surface area (Å²) in [7, 11) is 0. The minimum atomic E-state index is -0.0176. The van der Waals surface area contributed by atoms with E-state index in [9.17, 15) is 4.79 Å². The van der Waals surface area contributed by atoms with Crippen LogP contribution in [0.2, 0.25) is 0 Å². The lowest BCUT2D eigenvalue weighted by Crippen LogP contribution is -2.30. The first-order valence-corrected chi connectivity index (χ1v) is 8.41. The molecule has 0 radical (unpaired) electrons. The molecule has 0 unspecified atom stereocenters. The molecule has 23 heavy (non-hydrogen) atoms. The van der Waals surface area contributed by atoms with Crippen molar-refractivity contribution in [1.29, 1.82) is 0 Å². The summed E-state index contributed by atoms with van der Waals surface area (Å²) in [6.07, 6.45) is 0. The quantitative estimate of drug-likeness (QED) is 0.713. The molecule has 0 saturated carbocycles. The Bertz CT molecular complexity index is 922. The van der Waals surface area contributed by atoms with Gasteiger partial charge in [0, 0.05) is 17.5 Å². The summed E-state index contributed by atoms with van der Waals surface area (Å²) in [5.41, 5.74) is 3.08. The van der Waals surface area contributed by atoms with E-state index in [4.69, 9.17) is 0 Å².